The summed E-state index contributed by atoms with van der Waals surface area (Å²) >= 11 is 6.46. The summed E-state index contributed by atoms with van der Waals surface area (Å²) in [5.41, 5.74) is 4.09. The molecule has 0 spiro atoms. The van der Waals surface area contributed by atoms with Gasteiger partial charge in [0.25, 0.3) is 0 Å². The maximum Gasteiger partial charge on any atom is 0.161 e. The Morgan fingerprint density at radius 2 is 1.86 bits per heavy atom. The molecule has 3 atom stereocenters. The molecule has 1 aliphatic carbocycles. The maximum atomic E-state index is 13.3. The number of hydrogen-bond donors (Lipinski definition) is 0. The van der Waals surface area contributed by atoms with Crippen LogP contribution in [0.15, 0.2) is 64.8 Å². The van der Waals surface area contributed by atoms with Gasteiger partial charge in [0, 0.05) is 34.3 Å². The van der Waals surface area contributed by atoms with Gasteiger partial charge in [-0.2, -0.15) is 5.26 Å². The van der Waals surface area contributed by atoms with E-state index in [0.29, 0.717) is 23.4 Å². The number of nitriles is 1. The molecule has 2 aromatic rings. The zero-order valence-electron chi connectivity index (χ0n) is 16.4. The van der Waals surface area contributed by atoms with E-state index in [1.165, 1.54) is 0 Å². The van der Waals surface area contributed by atoms with Gasteiger partial charge in [-0.15, -0.1) is 0 Å². The van der Waals surface area contributed by atoms with Crippen LogP contribution in [0.1, 0.15) is 42.7 Å². The van der Waals surface area contributed by atoms with Gasteiger partial charge in [0.15, 0.2) is 5.78 Å². The van der Waals surface area contributed by atoms with E-state index in [1.807, 2.05) is 49.4 Å². The lowest BCUT2D eigenvalue weighted by atomic mass is 9.69. The molecule has 0 radical (unpaired) electrons. The number of Topliss-reactive ketones (excluding diaryl/α,β-unsaturated/α-hetero) is 1. The number of benzene rings is 2. The van der Waals surface area contributed by atoms with Gasteiger partial charge in [-0.05, 0) is 48.6 Å². The molecule has 0 fully saturated rings. The van der Waals surface area contributed by atoms with Gasteiger partial charge < -0.3 is 4.74 Å². The molecule has 2 aliphatic rings. The van der Waals surface area contributed by atoms with Crippen LogP contribution in [0.5, 0.6) is 5.75 Å². The van der Waals surface area contributed by atoms with E-state index in [0.717, 1.165) is 28.3 Å². The number of allylic oxidation sites excluding steroid dienone is 2. The monoisotopic (exact) mass is 404 g/mol. The van der Waals surface area contributed by atoms with Gasteiger partial charge in [0.05, 0.1) is 19.1 Å². The number of rotatable bonds is 3. The molecule has 0 saturated carbocycles. The van der Waals surface area contributed by atoms with Crippen molar-refractivity contribution in [1.82, 2.24) is 0 Å². The van der Waals surface area contributed by atoms with Crippen LogP contribution >= 0.6 is 11.6 Å². The van der Waals surface area contributed by atoms with Crippen LogP contribution in [-0.2, 0) is 4.79 Å². The fourth-order valence-electron chi connectivity index (χ4n) is 4.40. The molecule has 0 aromatic heterocycles. The van der Waals surface area contributed by atoms with Gasteiger partial charge in [0.2, 0.25) is 0 Å². The number of carbonyl (C=O) groups is 1. The Morgan fingerprint density at radius 3 is 2.52 bits per heavy atom. The first-order valence-corrected chi connectivity index (χ1v) is 10.0. The second-order valence-corrected chi connectivity index (χ2v) is 7.93. The van der Waals surface area contributed by atoms with Crippen molar-refractivity contribution in [2.24, 2.45) is 10.9 Å². The largest absolute Gasteiger partial charge is 0.497 e. The highest BCUT2D eigenvalue weighted by molar-refractivity contribution is 6.31. The van der Waals surface area contributed by atoms with Crippen molar-refractivity contribution < 1.29 is 9.53 Å². The molecule has 0 saturated heterocycles. The van der Waals surface area contributed by atoms with Gasteiger partial charge in [-0.3, -0.25) is 9.79 Å². The van der Waals surface area contributed by atoms with E-state index in [4.69, 9.17) is 21.3 Å². The van der Waals surface area contributed by atoms with E-state index in [-0.39, 0.29) is 17.6 Å². The molecule has 4 rings (SSSR count). The Labute approximate surface area is 175 Å². The summed E-state index contributed by atoms with van der Waals surface area (Å²) in [7, 11) is 1.64. The molecule has 29 heavy (non-hydrogen) atoms. The molecule has 0 bridgehead atoms. The van der Waals surface area contributed by atoms with Crippen LogP contribution in [0, 0.1) is 17.2 Å². The number of ether oxygens (including phenoxy) is 1. The van der Waals surface area contributed by atoms with E-state index in [9.17, 15) is 10.1 Å². The van der Waals surface area contributed by atoms with Gasteiger partial charge >= 0.3 is 0 Å². The predicted octanol–water partition coefficient (Wildman–Crippen LogP) is 5.45. The molecule has 1 aliphatic heterocycles. The number of aliphatic imine (C=N–C) groups is 1. The zero-order chi connectivity index (χ0) is 20.5. The fraction of sp³-hybridized carbons (Fsp3) is 0.292. The zero-order valence-corrected chi connectivity index (χ0v) is 17.1. The van der Waals surface area contributed by atoms with Crippen molar-refractivity contribution >= 4 is 23.1 Å². The van der Waals surface area contributed by atoms with Crippen LogP contribution in [0.2, 0.25) is 5.02 Å². The number of ketones is 1. The first kappa shape index (κ1) is 19.4. The molecule has 5 heteroatoms. The lowest BCUT2D eigenvalue weighted by Crippen LogP contribution is -2.32. The van der Waals surface area contributed by atoms with Crippen LogP contribution in [0.4, 0.5) is 0 Å². The molecule has 0 amide bonds. The normalized spacial score (nSPS) is 23.9. The van der Waals surface area contributed by atoms with E-state index >= 15 is 0 Å². The second kappa shape index (κ2) is 7.85. The number of carbonyl (C=O) groups excluding carboxylic acids is 1. The van der Waals surface area contributed by atoms with E-state index in [2.05, 4.69) is 6.07 Å². The molecular weight excluding hydrogens is 384 g/mol. The van der Waals surface area contributed by atoms with Gasteiger partial charge in [-0.1, -0.05) is 41.9 Å². The van der Waals surface area contributed by atoms with Gasteiger partial charge in [0.1, 0.15) is 5.75 Å². The number of hydrogen-bond acceptors (Lipinski definition) is 4. The number of nitrogens with zero attached hydrogens (tertiary/aromatic N) is 2. The quantitative estimate of drug-likeness (QED) is 0.683. The number of methoxy groups -OCH3 is 1. The Balaban J connectivity index is 1.77. The van der Waals surface area contributed by atoms with Crippen molar-refractivity contribution in [2.45, 2.75) is 31.6 Å². The number of halogens is 1. The highest BCUT2D eigenvalue weighted by atomic mass is 35.5. The summed E-state index contributed by atoms with van der Waals surface area (Å²) in [4.78, 5) is 18.0. The molecular formula is C24H21ClN2O2. The lowest BCUT2D eigenvalue weighted by molar-refractivity contribution is -0.116. The van der Waals surface area contributed by atoms with Crippen LogP contribution < -0.4 is 4.74 Å². The van der Waals surface area contributed by atoms with Crippen molar-refractivity contribution in [3.05, 3.63) is 76.0 Å². The minimum atomic E-state index is -0.491. The first-order valence-electron chi connectivity index (χ1n) is 9.63. The highest BCUT2D eigenvalue weighted by Crippen LogP contribution is 2.47. The minimum Gasteiger partial charge on any atom is -0.497 e. The fourth-order valence-corrected chi connectivity index (χ4v) is 4.65. The highest BCUT2D eigenvalue weighted by Gasteiger charge is 2.41. The van der Waals surface area contributed by atoms with Crippen molar-refractivity contribution in [3.8, 4) is 11.8 Å². The molecule has 1 unspecified atom stereocenters. The Hall–Kier alpha value is -2.90. The molecule has 0 N–H and O–H groups in total. The SMILES string of the molecule is COc1ccc([C@H]2CC(=O)C3=C(C2)N=C(C)C(C#N)[C@H]3c2ccccc2Cl)cc1. The predicted molar refractivity (Wildman–Crippen MR) is 113 cm³/mol. The van der Waals surface area contributed by atoms with Crippen LogP contribution in [-0.4, -0.2) is 18.6 Å². The Bertz CT molecular complexity index is 1060. The second-order valence-electron chi connectivity index (χ2n) is 7.52. The first-order chi connectivity index (χ1) is 14.0. The minimum absolute atomic E-state index is 0.0495. The molecule has 146 valence electrons. The third-order valence-electron chi connectivity index (χ3n) is 5.86. The molecule has 4 nitrogen and oxygen atoms in total. The van der Waals surface area contributed by atoms with Crippen LogP contribution in [0.25, 0.3) is 0 Å². The average Bonchev–Trinajstić information content (AvgIpc) is 2.73. The topological polar surface area (TPSA) is 62.4 Å². The van der Waals surface area contributed by atoms with Gasteiger partial charge in [-0.25, -0.2) is 0 Å². The molecule has 2 aromatic carbocycles. The standard InChI is InChI=1S/C24H21ClN2O2/c1-14-19(13-26)23(18-5-3-4-6-20(18)25)24-21(27-14)11-16(12-22(24)28)15-7-9-17(29-2)10-8-15/h3-10,16,19,23H,11-12H2,1-2H3/t16-,19?,23-/m1/s1. The third-order valence-corrected chi connectivity index (χ3v) is 6.20. The summed E-state index contributed by atoms with van der Waals surface area (Å²) in [6.45, 7) is 1.86. The summed E-state index contributed by atoms with van der Waals surface area (Å²) in [6.07, 6.45) is 1.07. The van der Waals surface area contributed by atoms with E-state index in [1.54, 1.807) is 13.2 Å². The average molecular weight is 405 g/mol. The van der Waals surface area contributed by atoms with Crippen molar-refractivity contribution in [1.29, 1.82) is 5.26 Å². The smallest absolute Gasteiger partial charge is 0.161 e. The summed E-state index contributed by atoms with van der Waals surface area (Å²) in [5, 5.41) is 10.4. The van der Waals surface area contributed by atoms with E-state index < -0.39 is 5.92 Å². The maximum absolute atomic E-state index is 13.3. The summed E-state index contributed by atoms with van der Waals surface area (Å²) in [6, 6.07) is 17.6. The Morgan fingerprint density at radius 1 is 1.14 bits per heavy atom. The third kappa shape index (κ3) is 3.47. The molecule has 1 heterocycles. The summed E-state index contributed by atoms with van der Waals surface area (Å²) < 4.78 is 5.23. The summed E-state index contributed by atoms with van der Waals surface area (Å²) in [5.74, 6) is 0.0429. The van der Waals surface area contributed by atoms with Crippen molar-refractivity contribution in [3.63, 3.8) is 0 Å². The Kier molecular flexibility index (Phi) is 5.25. The lowest BCUT2D eigenvalue weighted by Gasteiger charge is -2.35. The van der Waals surface area contributed by atoms with Crippen molar-refractivity contribution in [2.75, 3.05) is 7.11 Å². The van der Waals surface area contributed by atoms with Crippen LogP contribution in [0.3, 0.4) is 0 Å².